The lowest BCUT2D eigenvalue weighted by atomic mass is 9.98. The smallest absolute Gasteiger partial charge is 0.407 e. The Morgan fingerprint density at radius 3 is 2.18 bits per heavy atom. The van der Waals surface area contributed by atoms with Crippen molar-refractivity contribution in [3.63, 3.8) is 0 Å². The van der Waals surface area contributed by atoms with Gasteiger partial charge in [0.1, 0.15) is 12.6 Å². The van der Waals surface area contributed by atoms with Crippen molar-refractivity contribution in [3.05, 3.63) is 59.7 Å². The first-order chi connectivity index (χ1) is 16.5. The molecule has 3 N–H and O–H groups in total. The fourth-order valence-corrected chi connectivity index (χ4v) is 4.57. The summed E-state index contributed by atoms with van der Waals surface area (Å²) in [4.78, 5) is 36.5. The maximum Gasteiger partial charge on any atom is 0.407 e. The van der Waals surface area contributed by atoms with Crippen LogP contribution in [-0.4, -0.2) is 55.5 Å². The number of carboxylic acid groups (broad SMARTS) is 1. The van der Waals surface area contributed by atoms with Crippen LogP contribution < -0.4 is 10.6 Å². The van der Waals surface area contributed by atoms with Crippen molar-refractivity contribution in [1.82, 2.24) is 10.6 Å². The highest BCUT2D eigenvalue weighted by Crippen LogP contribution is 2.44. The first-order valence-corrected chi connectivity index (χ1v) is 11.6. The van der Waals surface area contributed by atoms with E-state index < -0.39 is 30.1 Å². The van der Waals surface area contributed by atoms with E-state index in [4.69, 9.17) is 9.47 Å². The third-order valence-electron chi connectivity index (χ3n) is 6.49. The number of alkyl carbamates (subject to hydrolysis) is 1. The summed E-state index contributed by atoms with van der Waals surface area (Å²) >= 11 is 0. The summed E-state index contributed by atoms with van der Waals surface area (Å²) in [6, 6.07) is 14.8. The number of rotatable bonds is 11. The van der Waals surface area contributed by atoms with Gasteiger partial charge in [0.2, 0.25) is 5.91 Å². The van der Waals surface area contributed by atoms with Crippen LogP contribution in [0.2, 0.25) is 0 Å². The van der Waals surface area contributed by atoms with Gasteiger partial charge >= 0.3 is 12.1 Å². The molecule has 0 spiro atoms. The molecule has 34 heavy (non-hydrogen) atoms. The summed E-state index contributed by atoms with van der Waals surface area (Å²) in [6.45, 7) is 0.419. The Hall–Kier alpha value is -3.39. The molecular weight excluding hydrogens is 436 g/mol. The summed E-state index contributed by atoms with van der Waals surface area (Å²) in [6.07, 6.45) is 1.43. The van der Waals surface area contributed by atoms with Crippen molar-refractivity contribution in [3.8, 4) is 11.1 Å². The van der Waals surface area contributed by atoms with Gasteiger partial charge in [0, 0.05) is 38.5 Å². The zero-order valence-corrected chi connectivity index (χ0v) is 19.2. The second-order valence-corrected chi connectivity index (χ2v) is 8.86. The van der Waals surface area contributed by atoms with E-state index in [1.807, 2.05) is 24.3 Å². The number of carboxylic acids is 1. The quantitative estimate of drug-likeness (QED) is 0.468. The van der Waals surface area contributed by atoms with Crippen molar-refractivity contribution in [2.45, 2.75) is 43.7 Å². The van der Waals surface area contributed by atoms with E-state index in [9.17, 15) is 19.5 Å². The molecule has 2 atom stereocenters. The molecule has 180 valence electrons. The molecule has 2 unspecified atom stereocenters. The molecule has 2 amide bonds. The fourth-order valence-electron chi connectivity index (χ4n) is 4.57. The van der Waals surface area contributed by atoms with Crippen LogP contribution in [0.1, 0.15) is 42.7 Å². The highest BCUT2D eigenvalue weighted by Gasteiger charge is 2.35. The molecule has 0 aliphatic heterocycles. The van der Waals surface area contributed by atoms with Gasteiger partial charge in [0.25, 0.3) is 0 Å². The van der Waals surface area contributed by atoms with Gasteiger partial charge in [-0.1, -0.05) is 48.5 Å². The molecule has 0 bridgehead atoms. The Bertz CT molecular complexity index is 1010. The molecule has 2 aliphatic carbocycles. The Kier molecular flexibility index (Phi) is 7.47. The minimum Gasteiger partial charge on any atom is -0.480 e. The van der Waals surface area contributed by atoms with E-state index in [0.29, 0.717) is 0 Å². The molecule has 0 radical (unpaired) electrons. The summed E-state index contributed by atoms with van der Waals surface area (Å²) in [5, 5.41) is 14.7. The first-order valence-electron chi connectivity index (χ1n) is 11.6. The van der Waals surface area contributed by atoms with Gasteiger partial charge in [-0.3, -0.25) is 4.79 Å². The lowest BCUT2D eigenvalue weighted by Gasteiger charge is -2.21. The van der Waals surface area contributed by atoms with Crippen molar-refractivity contribution >= 4 is 18.0 Å². The van der Waals surface area contributed by atoms with E-state index in [-0.39, 0.29) is 37.9 Å². The normalized spacial score (nSPS) is 16.1. The average Bonchev–Trinajstić information content (AvgIpc) is 3.63. The van der Waals surface area contributed by atoms with Crippen molar-refractivity contribution < 1.29 is 29.0 Å². The number of ether oxygens (including phenoxy) is 2. The van der Waals surface area contributed by atoms with Gasteiger partial charge in [0.05, 0.1) is 0 Å². The van der Waals surface area contributed by atoms with Crippen LogP contribution in [0.4, 0.5) is 4.79 Å². The van der Waals surface area contributed by atoms with E-state index in [0.717, 1.165) is 35.1 Å². The van der Waals surface area contributed by atoms with Gasteiger partial charge < -0.3 is 25.2 Å². The number of hydrogen-bond acceptors (Lipinski definition) is 5. The Morgan fingerprint density at radius 2 is 1.62 bits per heavy atom. The maximum absolute atomic E-state index is 12.6. The molecule has 1 fully saturated rings. The van der Waals surface area contributed by atoms with Crippen LogP contribution in [0.25, 0.3) is 11.1 Å². The highest BCUT2D eigenvalue weighted by molar-refractivity contribution is 5.84. The molecule has 0 aromatic heterocycles. The second-order valence-electron chi connectivity index (χ2n) is 8.86. The van der Waals surface area contributed by atoms with E-state index in [1.165, 1.54) is 7.11 Å². The van der Waals surface area contributed by atoms with Crippen LogP contribution in [0.5, 0.6) is 0 Å². The topological polar surface area (TPSA) is 114 Å². The third kappa shape index (κ3) is 5.56. The van der Waals surface area contributed by atoms with E-state index >= 15 is 0 Å². The lowest BCUT2D eigenvalue weighted by molar-refractivity contribution is -0.142. The van der Waals surface area contributed by atoms with E-state index in [2.05, 4.69) is 34.9 Å². The van der Waals surface area contributed by atoms with Crippen LogP contribution >= 0.6 is 0 Å². The Morgan fingerprint density at radius 1 is 1.00 bits per heavy atom. The van der Waals surface area contributed by atoms with Gasteiger partial charge in [-0.2, -0.15) is 0 Å². The molecule has 0 heterocycles. The Labute approximate surface area is 198 Å². The van der Waals surface area contributed by atoms with Crippen LogP contribution in [0, 0.1) is 5.92 Å². The highest BCUT2D eigenvalue weighted by atomic mass is 16.5. The molecule has 4 rings (SSSR count). The summed E-state index contributed by atoms with van der Waals surface area (Å²) in [5.41, 5.74) is 4.57. The number of benzene rings is 2. The summed E-state index contributed by atoms with van der Waals surface area (Å²) < 4.78 is 10.5. The molecular formula is C26H30N2O6. The van der Waals surface area contributed by atoms with Gasteiger partial charge in [0.15, 0.2) is 0 Å². The van der Waals surface area contributed by atoms with Crippen molar-refractivity contribution in [2.24, 2.45) is 5.92 Å². The number of aliphatic carboxylic acids is 1. The zero-order valence-electron chi connectivity index (χ0n) is 19.2. The number of carbonyl (C=O) groups excluding carboxylic acids is 2. The van der Waals surface area contributed by atoms with Crippen molar-refractivity contribution in [2.75, 3.05) is 20.3 Å². The Balaban J connectivity index is 1.34. The SMILES string of the molecule is COCCC(NC(=O)CC(NC(=O)OCC1c2ccccc2-c2ccccc21)C1CC1)C(=O)O. The largest absolute Gasteiger partial charge is 0.480 e. The lowest BCUT2D eigenvalue weighted by Crippen LogP contribution is -2.46. The number of hydrogen-bond donors (Lipinski definition) is 3. The van der Waals surface area contributed by atoms with Crippen molar-refractivity contribution in [1.29, 1.82) is 0 Å². The molecule has 0 saturated heterocycles. The number of amides is 2. The maximum atomic E-state index is 12.6. The van der Waals surface area contributed by atoms with Crippen LogP contribution in [0.15, 0.2) is 48.5 Å². The van der Waals surface area contributed by atoms with Crippen LogP contribution in [-0.2, 0) is 19.1 Å². The van der Waals surface area contributed by atoms with Gasteiger partial charge in [-0.25, -0.2) is 9.59 Å². The summed E-state index contributed by atoms with van der Waals surface area (Å²) in [5.74, 6) is -1.39. The monoisotopic (exact) mass is 466 g/mol. The first kappa shape index (κ1) is 23.8. The number of carbonyl (C=O) groups is 3. The number of fused-ring (bicyclic) bond motifs is 3. The molecule has 2 aromatic carbocycles. The third-order valence-corrected chi connectivity index (χ3v) is 6.49. The molecule has 8 nitrogen and oxygen atoms in total. The number of nitrogens with one attached hydrogen (secondary N) is 2. The summed E-state index contributed by atoms with van der Waals surface area (Å²) in [7, 11) is 1.47. The minimum atomic E-state index is -1.11. The molecule has 1 saturated carbocycles. The predicted molar refractivity (Wildman–Crippen MR) is 125 cm³/mol. The van der Waals surface area contributed by atoms with Crippen LogP contribution in [0.3, 0.4) is 0 Å². The zero-order chi connectivity index (χ0) is 24.1. The molecule has 8 heteroatoms. The molecule has 2 aromatic rings. The van der Waals surface area contributed by atoms with Gasteiger partial charge in [-0.15, -0.1) is 0 Å². The molecule has 2 aliphatic rings. The van der Waals surface area contributed by atoms with Gasteiger partial charge in [-0.05, 0) is 41.0 Å². The predicted octanol–water partition coefficient (Wildman–Crippen LogP) is 3.30. The fraction of sp³-hybridized carbons (Fsp3) is 0.423. The van der Waals surface area contributed by atoms with E-state index in [1.54, 1.807) is 0 Å². The number of methoxy groups -OCH3 is 1. The minimum absolute atomic E-state index is 0.00558. The average molecular weight is 467 g/mol. The standard InChI is InChI=1S/C26H30N2O6/c1-33-13-12-22(25(30)31)27-24(29)14-23(16-10-11-16)28-26(32)34-15-21-19-8-4-2-6-17(19)18-7-3-5-9-20(18)21/h2-9,16,21-23H,10-15H2,1H3,(H,27,29)(H,28,32)(H,30,31). The second kappa shape index (κ2) is 10.7.